The Morgan fingerprint density at radius 3 is 1.94 bits per heavy atom. The summed E-state index contributed by atoms with van der Waals surface area (Å²) >= 11 is 5.76. The van der Waals surface area contributed by atoms with Gasteiger partial charge in [0.1, 0.15) is 0 Å². The SMILES string of the molecule is [O-][n+]1ccc(C#Cc2ccc(Cl)cc2)cc1. The number of hydrogen-bond acceptors (Lipinski definition) is 1. The minimum atomic E-state index is 0.692. The smallest absolute Gasteiger partial charge is 0.181 e. The first-order chi connectivity index (χ1) is 7.74. The largest absolute Gasteiger partial charge is 0.619 e. The Morgan fingerprint density at radius 2 is 1.38 bits per heavy atom. The Labute approximate surface area is 98.7 Å². The Balaban J connectivity index is 2.21. The number of halogens is 1. The molecule has 1 aromatic carbocycles. The number of aromatic nitrogens is 1. The van der Waals surface area contributed by atoms with Crippen molar-refractivity contribution in [2.24, 2.45) is 0 Å². The number of hydrogen-bond donors (Lipinski definition) is 0. The molecular formula is C13H8ClNO. The molecule has 0 aliphatic carbocycles. The standard InChI is InChI=1S/C13H8ClNO/c14-13-5-3-11(4-6-13)1-2-12-7-9-15(16)10-8-12/h3-10H. The predicted molar refractivity (Wildman–Crippen MR) is 62.8 cm³/mol. The van der Waals surface area contributed by atoms with Crippen molar-refractivity contribution in [1.29, 1.82) is 0 Å². The number of nitrogens with zero attached hydrogens (tertiary/aromatic N) is 1. The zero-order valence-corrected chi connectivity index (χ0v) is 9.11. The Kier molecular flexibility index (Phi) is 3.09. The highest BCUT2D eigenvalue weighted by atomic mass is 35.5. The van der Waals surface area contributed by atoms with Crippen LogP contribution in [-0.2, 0) is 0 Å². The van der Waals surface area contributed by atoms with Gasteiger partial charge in [-0.05, 0) is 24.3 Å². The molecule has 0 spiro atoms. The molecule has 0 fully saturated rings. The van der Waals surface area contributed by atoms with Crippen LogP contribution in [0.1, 0.15) is 11.1 Å². The van der Waals surface area contributed by atoms with E-state index in [1.54, 1.807) is 24.3 Å². The molecule has 1 heterocycles. The van der Waals surface area contributed by atoms with Gasteiger partial charge in [0.05, 0.1) is 0 Å². The fraction of sp³-hybridized carbons (Fsp3) is 0. The third-order valence-electron chi connectivity index (χ3n) is 2.00. The van der Waals surface area contributed by atoms with Crippen LogP contribution in [0.25, 0.3) is 0 Å². The molecule has 0 N–H and O–H groups in total. The first-order valence-corrected chi connectivity index (χ1v) is 5.08. The first-order valence-electron chi connectivity index (χ1n) is 4.70. The van der Waals surface area contributed by atoms with Gasteiger partial charge in [-0.1, -0.05) is 23.4 Å². The zero-order chi connectivity index (χ0) is 11.4. The first kappa shape index (κ1) is 10.5. The third-order valence-corrected chi connectivity index (χ3v) is 2.25. The van der Waals surface area contributed by atoms with Crippen LogP contribution in [0.15, 0.2) is 48.8 Å². The fourth-order valence-electron chi connectivity index (χ4n) is 1.17. The molecule has 78 valence electrons. The quantitative estimate of drug-likeness (QED) is 0.387. The van der Waals surface area contributed by atoms with Crippen LogP contribution in [-0.4, -0.2) is 0 Å². The molecule has 0 saturated carbocycles. The highest BCUT2D eigenvalue weighted by Crippen LogP contribution is 2.08. The van der Waals surface area contributed by atoms with E-state index in [-0.39, 0.29) is 0 Å². The molecule has 3 heteroatoms. The van der Waals surface area contributed by atoms with Crippen molar-refractivity contribution in [2.75, 3.05) is 0 Å². The van der Waals surface area contributed by atoms with Crippen molar-refractivity contribution < 1.29 is 4.73 Å². The molecule has 0 bridgehead atoms. The van der Waals surface area contributed by atoms with Crippen LogP contribution in [0.4, 0.5) is 0 Å². The van der Waals surface area contributed by atoms with Gasteiger partial charge in [-0.2, -0.15) is 4.73 Å². The number of rotatable bonds is 0. The summed E-state index contributed by atoms with van der Waals surface area (Å²) in [5, 5.41) is 11.5. The van der Waals surface area contributed by atoms with Gasteiger partial charge in [-0.3, -0.25) is 0 Å². The van der Waals surface area contributed by atoms with Crippen molar-refractivity contribution in [3.05, 3.63) is 70.1 Å². The summed E-state index contributed by atoms with van der Waals surface area (Å²) in [6.07, 6.45) is 2.84. The molecule has 0 aliphatic rings. The van der Waals surface area contributed by atoms with E-state index in [9.17, 15) is 5.21 Å². The summed E-state index contributed by atoms with van der Waals surface area (Å²) in [6, 6.07) is 10.6. The molecular weight excluding hydrogens is 222 g/mol. The van der Waals surface area contributed by atoms with Crippen molar-refractivity contribution in [2.45, 2.75) is 0 Å². The number of pyridine rings is 1. The van der Waals surface area contributed by atoms with Gasteiger partial charge < -0.3 is 5.21 Å². The maximum atomic E-state index is 10.8. The lowest BCUT2D eigenvalue weighted by molar-refractivity contribution is -0.605. The lowest BCUT2D eigenvalue weighted by atomic mass is 10.2. The second kappa shape index (κ2) is 4.69. The molecule has 2 nitrogen and oxygen atoms in total. The topological polar surface area (TPSA) is 26.9 Å². The zero-order valence-electron chi connectivity index (χ0n) is 8.35. The third kappa shape index (κ3) is 2.75. The Morgan fingerprint density at radius 1 is 0.875 bits per heavy atom. The highest BCUT2D eigenvalue weighted by Gasteiger charge is 1.90. The second-order valence-electron chi connectivity index (χ2n) is 3.20. The van der Waals surface area contributed by atoms with E-state index >= 15 is 0 Å². The van der Waals surface area contributed by atoms with Crippen molar-refractivity contribution in [3.63, 3.8) is 0 Å². The van der Waals surface area contributed by atoms with Crippen molar-refractivity contribution in [3.8, 4) is 11.8 Å². The van der Waals surface area contributed by atoms with Gasteiger partial charge in [0.15, 0.2) is 12.4 Å². The fourth-order valence-corrected chi connectivity index (χ4v) is 1.30. The molecule has 0 saturated heterocycles. The summed E-state index contributed by atoms with van der Waals surface area (Å²) in [4.78, 5) is 0. The van der Waals surface area contributed by atoms with Gasteiger partial charge in [0.25, 0.3) is 0 Å². The molecule has 2 rings (SSSR count). The maximum Gasteiger partial charge on any atom is 0.181 e. The van der Waals surface area contributed by atoms with E-state index in [1.165, 1.54) is 12.4 Å². The minimum Gasteiger partial charge on any atom is -0.619 e. The van der Waals surface area contributed by atoms with Gasteiger partial charge in [-0.15, -0.1) is 0 Å². The van der Waals surface area contributed by atoms with Gasteiger partial charge in [0.2, 0.25) is 0 Å². The van der Waals surface area contributed by atoms with Crippen molar-refractivity contribution in [1.82, 2.24) is 0 Å². The minimum absolute atomic E-state index is 0.692. The summed E-state index contributed by atoms with van der Waals surface area (Å²) in [5.74, 6) is 5.95. The molecule has 0 atom stereocenters. The average Bonchev–Trinajstić information content (AvgIpc) is 2.30. The molecule has 0 unspecified atom stereocenters. The predicted octanol–water partition coefficient (Wildman–Crippen LogP) is 2.37. The Hall–Kier alpha value is -1.98. The van der Waals surface area contributed by atoms with E-state index in [4.69, 9.17) is 11.6 Å². The average molecular weight is 230 g/mol. The number of benzene rings is 1. The lowest BCUT2D eigenvalue weighted by Crippen LogP contribution is -2.23. The summed E-state index contributed by atoms with van der Waals surface area (Å²) in [5.41, 5.74) is 1.70. The van der Waals surface area contributed by atoms with Crippen LogP contribution in [0.5, 0.6) is 0 Å². The molecule has 16 heavy (non-hydrogen) atoms. The van der Waals surface area contributed by atoms with Crippen LogP contribution < -0.4 is 4.73 Å². The van der Waals surface area contributed by atoms with E-state index in [0.29, 0.717) is 5.02 Å². The lowest BCUT2D eigenvalue weighted by Gasteiger charge is -1.93. The van der Waals surface area contributed by atoms with E-state index in [2.05, 4.69) is 11.8 Å². The second-order valence-corrected chi connectivity index (χ2v) is 3.64. The van der Waals surface area contributed by atoms with Gasteiger partial charge in [0, 0.05) is 28.3 Å². The highest BCUT2D eigenvalue weighted by molar-refractivity contribution is 6.30. The van der Waals surface area contributed by atoms with E-state index in [0.717, 1.165) is 15.9 Å². The Bertz CT molecular complexity index is 485. The van der Waals surface area contributed by atoms with Gasteiger partial charge in [-0.25, -0.2) is 0 Å². The molecule has 1 aromatic heterocycles. The summed E-state index contributed by atoms with van der Waals surface area (Å²) < 4.78 is 0.730. The molecule has 0 aliphatic heterocycles. The monoisotopic (exact) mass is 229 g/mol. The van der Waals surface area contributed by atoms with Crippen LogP contribution in [0.3, 0.4) is 0 Å². The summed E-state index contributed by atoms with van der Waals surface area (Å²) in [6.45, 7) is 0. The molecule has 0 amide bonds. The summed E-state index contributed by atoms with van der Waals surface area (Å²) in [7, 11) is 0. The molecule has 2 aromatic rings. The maximum absolute atomic E-state index is 10.8. The van der Waals surface area contributed by atoms with Crippen LogP contribution in [0, 0.1) is 17.0 Å². The normalized spacial score (nSPS) is 9.31. The van der Waals surface area contributed by atoms with Crippen LogP contribution in [0.2, 0.25) is 5.02 Å². The molecule has 0 radical (unpaired) electrons. The van der Waals surface area contributed by atoms with E-state index < -0.39 is 0 Å². The van der Waals surface area contributed by atoms with Crippen molar-refractivity contribution >= 4 is 11.6 Å². The van der Waals surface area contributed by atoms with E-state index in [1.807, 2.05) is 12.1 Å². The van der Waals surface area contributed by atoms with Crippen LogP contribution >= 0.6 is 11.6 Å². The van der Waals surface area contributed by atoms with Gasteiger partial charge >= 0.3 is 0 Å².